The molecule has 29 heavy (non-hydrogen) atoms. The minimum atomic E-state index is -4.83. The van der Waals surface area contributed by atoms with E-state index in [2.05, 4.69) is 4.74 Å². The van der Waals surface area contributed by atoms with E-state index in [1.165, 1.54) is 17.0 Å². The molecule has 0 saturated heterocycles. The zero-order chi connectivity index (χ0) is 21.4. The molecule has 0 aliphatic rings. The van der Waals surface area contributed by atoms with Gasteiger partial charge in [0.15, 0.2) is 5.92 Å². The van der Waals surface area contributed by atoms with Gasteiger partial charge >= 0.3 is 12.3 Å². The van der Waals surface area contributed by atoms with Gasteiger partial charge in [0, 0.05) is 13.1 Å². The van der Waals surface area contributed by atoms with Crippen molar-refractivity contribution in [2.75, 3.05) is 13.1 Å². The highest BCUT2D eigenvalue weighted by Crippen LogP contribution is 2.27. The van der Waals surface area contributed by atoms with Crippen LogP contribution in [0.15, 0.2) is 54.6 Å². The van der Waals surface area contributed by atoms with E-state index in [-0.39, 0.29) is 12.2 Å². The van der Waals surface area contributed by atoms with Crippen LogP contribution < -0.4 is 4.74 Å². The lowest BCUT2D eigenvalue weighted by atomic mass is 9.97. The Balaban J connectivity index is 2.24. The molecule has 8 heteroatoms. The normalized spacial score (nSPS) is 12.2. The molecule has 2 rings (SSSR count). The van der Waals surface area contributed by atoms with Crippen LogP contribution in [-0.4, -0.2) is 36.2 Å². The first-order valence-corrected chi connectivity index (χ1v) is 9.10. The summed E-state index contributed by atoms with van der Waals surface area (Å²) in [6.45, 7) is 4.29. The predicted molar refractivity (Wildman–Crippen MR) is 100 cm³/mol. The smallest absolute Gasteiger partial charge is 0.460 e. The van der Waals surface area contributed by atoms with Gasteiger partial charge in [-0.25, -0.2) is 0 Å². The summed E-state index contributed by atoms with van der Waals surface area (Å²) in [4.78, 5) is 27.1. The maximum Gasteiger partial charge on any atom is 0.573 e. The van der Waals surface area contributed by atoms with Crippen LogP contribution in [0.4, 0.5) is 13.2 Å². The van der Waals surface area contributed by atoms with Gasteiger partial charge in [0.1, 0.15) is 12.4 Å². The van der Waals surface area contributed by atoms with Crippen LogP contribution in [-0.2, 0) is 20.9 Å². The van der Waals surface area contributed by atoms with Crippen molar-refractivity contribution < 1.29 is 32.2 Å². The Kier molecular flexibility index (Phi) is 7.64. The zero-order valence-electron chi connectivity index (χ0n) is 16.1. The Morgan fingerprint density at radius 1 is 0.966 bits per heavy atom. The summed E-state index contributed by atoms with van der Waals surface area (Å²) < 4.78 is 46.2. The second-order valence-electron chi connectivity index (χ2n) is 6.15. The molecule has 0 radical (unpaired) electrons. The van der Waals surface area contributed by atoms with Crippen LogP contribution in [0.5, 0.6) is 5.75 Å². The summed E-state index contributed by atoms with van der Waals surface area (Å²) in [5.41, 5.74) is 0.985. The van der Waals surface area contributed by atoms with E-state index >= 15 is 0 Å². The molecule has 0 fully saturated rings. The zero-order valence-corrected chi connectivity index (χ0v) is 16.1. The Labute approximate surface area is 167 Å². The molecule has 0 aromatic heterocycles. The monoisotopic (exact) mass is 409 g/mol. The van der Waals surface area contributed by atoms with Gasteiger partial charge in [-0.05, 0) is 37.1 Å². The largest absolute Gasteiger partial charge is 0.573 e. The molecule has 2 aromatic rings. The first-order chi connectivity index (χ1) is 13.7. The molecular weight excluding hydrogens is 387 g/mol. The van der Waals surface area contributed by atoms with Crippen LogP contribution in [0, 0.1) is 0 Å². The van der Waals surface area contributed by atoms with Gasteiger partial charge in [0.05, 0.1) is 0 Å². The molecule has 2 aromatic carbocycles. The van der Waals surface area contributed by atoms with E-state index in [1.54, 1.807) is 38.1 Å². The molecule has 0 heterocycles. The van der Waals surface area contributed by atoms with E-state index in [0.29, 0.717) is 13.1 Å². The van der Waals surface area contributed by atoms with Crippen molar-refractivity contribution in [2.45, 2.75) is 32.7 Å². The third-order valence-electron chi connectivity index (χ3n) is 4.23. The predicted octanol–water partition coefficient (Wildman–Crippen LogP) is 4.28. The second kappa shape index (κ2) is 9.95. The molecule has 0 bridgehead atoms. The number of esters is 1. The van der Waals surface area contributed by atoms with E-state index in [9.17, 15) is 22.8 Å². The molecule has 5 nitrogen and oxygen atoms in total. The van der Waals surface area contributed by atoms with Crippen LogP contribution >= 0.6 is 0 Å². The van der Waals surface area contributed by atoms with Gasteiger partial charge in [-0.15, -0.1) is 13.2 Å². The Morgan fingerprint density at radius 3 is 2.07 bits per heavy atom. The fourth-order valence-electron chi connectivity index (χ4n) is 2.77. The second-order valence-corrected chi connectivity index (χ2v) is 6.15. The van der Waals surface area contributed by atoms with E-state index in [1.807, 2.05) is 6.07 Å². The first-order valence-electron chi connectivity index (χ1n) is 9.10. The number of alkyl halides is 3. The third-order valence-corrected chi connectivity index (χ3v) is 4.23. The average Bonchev–Trinajstić information content (AvgIpc) is 2.68. The molecule has 156 valence electrons. The van der Waals surface area contributed by atoms with Gasteiger partial charge in [0.25, 0.3) is 0 Å². The van der Waals surface area contributed by atoms with Crippen LogP contribution in [0.3, 0.4) is 0 Å². The average molecular weight is 409 g/mol. The van der Waals surface area contributed by atoms with E-state index < -0.39 is 29.9 Å². The molecular formula is C21H22F3NO4. The minimum absolute atomic E-state index is 0.0169. The highest BCUT2D eigenvalue weighted by Gasteiger charge is 2.34. The Hall–Kier alpha value is -3.03. The lowest BCUT2D eigenvalue weighted by Crippen LogP contribution is -2.38. The molecule has 0 saturated carbocycles. The van der Waals surface area contributed by atoms with Crippen molar-refractivity contribution in [1.82, 2.24) is 4.90 Å². The first kappa shape index (κ1) is 22.3. The van der Waals surface area contributed by atoms with Crippen molar-refractivity contribution in [2.24, 2.45) is 0 Å². The number of halogens is 3. The van der Waals surface area contributed by atoms with Crippen LogP contribution in [0.2, 0.25) is 0 Å². The number of amides is 1. The van der Waals surface area contributed by atoms with Crippen molar-refractivity contribution >= 4 is 11.9 Å². The molecule has 0 spiro atoms. The number of carbonyl (C=O) groups excluding carboxylic acids is 2. The van der Waals surface area contributed by atoms with Crippen LogP contribution in [0.25, 0.3) is 0 Å². The van der Waals surface area contributed by atoms with Gasteiger partial charge < -0.3 is 14.4 Å². The summed E-state index contributed by atoms with van der Waals surface area (Å²) >= 11 is 0. The Morgan fingerprint density at radius 2 is 1.55 bits per heavy atom. The van der Waals surface area contributed by atoms with E-state index in [0.717, 1.165) is 17.7 Å². The van der Waals surface area contributed by atoms with Gasteiger partial charge in [0.2, 0.25) is 5.91 Å². The van der Waals surface area contributed by atoms with Crippen molar-refractivity contribution in [3.8, 4) is 5.75 Å². The number of rotatable bonds is 8. The number of benzene rings is 2. The van der Waals surface area contributed by atoms with Gasteiger partial charge in [-0.2, -0.15) is 0 Å². The molecule has 0 N–H and O–H groups in total. The fraction of sp³-hybridized carbons (Fsp3) is 0.333. The van der Waals surface area contributed by atoms with Crippen molar-refractivity contribution in [1.29, 1.82) is 0 Å². The summed E-state index contributed by atoms with van der Waals surface area (Å²) in [6.07, 6.45) is -4.83. The summed E-state index contributed by atoms with van der Waals surface area (Å²) in [6, 6.07) is 13.6. The maximum absolute atomic E-state index is 12.9. The summed E-state index contributed by atoms with van der Waals surface area (Å²) in [5, 5.41) is 0. The molecule has 0 unspecified atom stereocenters. The third kappa shape index (κ3) is 6.51. The van der Waals surface area contributed by atoms with Crippen LogP contribution in [0.1, 0.15) is 30.9 Å². The topological polar surface area (TPSA) is 55.8 Å². The highest BCUT2D eigenvalue weighted by molar-refractivity contribution is 6.03. The highest BCUT2D eigenvalue weighted by atomic mass is 19.4. The summed E-state index contributed by atoms with van der Waals surface area (Å²) in [5.74, 6) is -2.96. The molecule has 1 atom stereocenters. The summed E-state index contributed by atoms with van der Waals surface area (Å²) in [7, 11) is 0. The maximum atomic E-state index is 12.9. The number of carbonyl (C=O) groups is 2. The number of hydrogen-bond acceptors (Lipinski definition) is 4. The van der Waals surface area contributed by atoms with Crippen molar-refractivity contribution in [3.05, 3.63) is 65.7 Å². The van der Waals surface area contributed by atoms with Crippen molar-refractivity contribution in [3.63, 3.8) is 0 Å². The number of hydrogen-bond donors (Lipinski definition) is 0. The number of ether oxygens (including phenoxy) is 2. The lowest BCUT2D eigenvalue weighted by Gasteiger charge is -2.24. The SMILES string of the molecule is CCN(CC)C(=O)[C@@H](C(=O)OCc1ccccc1)c1ccc(OC(F)(F)F)cc1. The van der Waals surface area contributed by atoms with Gasteiger partial charge in [-0.1, -0.05) is 42.5 Å². The minimum Gasteiger partial charge on any atom is -0.460 e. The molecule has 1 amide bonds. The molecule has 0 aliphatic heterocycles. The van der Waals surface area contributed by atoms with Gasteiger partial charge in [-0.3, -0.25) is 9.59 Å². The standard InChI is InChI=1S/C21H22F3NO4/c1-3-25(4-2)19(26)18(20(27)28-14-15-8-6-5-7-9-15)16-10-12-17(13-11-16)29-21(22,23)24/h5-13,18H,3-4,14H2,1-2H3/t18-/m0/s1. The molecule has 0 aliphatic carbocycles. The fourth-order valence-corrected chi connectivity index (χ4v) is 2.77. The van der Waals surface area contributed by atoms with E-state index in [4.69, 9.17) is 4.74 Å². The quantitative estimate of drug-likeness (QED) is 0.482. The number of nitrogens with zero attached hydrogens (tertiary/aromatic N) is 1. The number of likely N-dealkylation sites (N-methyl/N-ethyl adjacent to an activating group) is 1. The lowest BCUT2D eigenvalue weighted by molar-refractivity contribution is -0.274. The Bertz CT molecular complexity index is 803.